The summed E-state index contributed by atoms with van der Waals surface area (Å²) in [7, 11) is -3.39. The van der Waals surface area contributed by atoms with E-state index in [4.69, 9.17) is 5.73 Å². The summed E-state index contributed by atoms with van der Waals surface area (Å²) in [5.41, 5.74) is 6.31. The number of amides is 1. The first-order valence-electron chi connectivity index (χ1n) is 8.24. The van der Waals surface area contributed by atoms with Crippen LogP contribution >= 0.6 is 0 Å². The Labute approximate surface area is 147 Å². The molecule has 1 aliphatic carbocycles. The number of hydrogen-bond donors (Lipinski definition) is 2. The first kappa shape index (κ1) is 17.6. The van der Waals surface area contributed by atoms with E-state index >= 15 is 0 Å². The van der Waals surface area contributed by atoms with E-state index in [1.165, 1.54) is 16.9 Å². The van der Waals surface area contributed by atoms with Gasteiger partial charge in [-0.3, -0.25) is 4.79 Å². The molecule has 3 rings (SSSR count). The van der Waals surface area contributed by atoms with Gasteiger partial charge in [-0.25, -0.2) is 13.1 Å². The van der Waals surface area contributed by atoms with Crippen LogP contribution in [0.3, 0.4) is 0 Å². The van der Waals surface area contributed by atoms with Crippen molar-refractivity contribution in [2.45, 2.75) is 42.5 Å². The molecule has 3 N–H and O–H groups in total. The summed E-state index contributed by atoms with van der Waals surface area (Å²) in [6.45, 7) is 0. The van der Waals surface area contributed by atoms with Gasteiger partial charge < -0.3 is 11.1 Å². The van der Waals surface area contributed by atoms with Crippen molar-refractivity contribution in [2.24, 2.45) is 5.73 Å². The molecule has 7 nitrogen and oxygen atoms in total. The number of nitrogens with two attached hydrogens (primary N) is 1. The molecule has 2 aromatic rings. The monoisotopic (exact) mass is 362 g/mol. The van der Waals surface area contributed by atoms with E-state index in [1.54, 1.807) is 24.4 Å². The van der Waals surface area contributed by atoms with Gasteiger partial charge in [-0.1, -0.05) is 31.4 Å². The third kappa shape index (κ3) is 3.74. The van der Waals surface area contributed by atoms with Gasteiger partial charge in [-0.05, 0) is 25.0 Å². The van der Waals surface area contributed by atoms with Crippen LogP contribution in [-0.2, 0) is 14.6 Å². The molecule has 0 bridgehead atoms. The molecule has 1 aromatic heterocycles. The Balaban J connectivity index is 1.83. The molecule has 0 unspecified atom stereocenters. The van der Waals surface area contributed by atoms with Gasteiger partial charge in [0, 0.05) is 6.26 Å². The van der Waals surface area contributed by atoms with Crippen LogP contribution in [-0.4, -0.2) is 35.9 Å². The molecule has 1 fully saturated rings. The molecule has 25 heavy (non-hydrogen) atoms. The predicted molar refractivity (Wildman–Crippen MR) is 95.3 cm³/mol. The number of anilines is 1. The van der Waals surface area contributed by atoms with E-state index in [-0.39, 0.29) is 10.8 Å². The van der Waals surface area contributed by atoms with Crippen LogP contribution in [0, 0.1) is 0 Å². The average molecular weight is 362 g/mol. The smallest absolute Gasteiger partial charge is 0.244 e. The molecule has 1 aromatic carbocycles. The van der Waals surface area contributed by atoms with Crippen LogP contribution in [0.15, 0.2) is 41.6 Å². The first-order chi connectivity index (χ1) is 11.8. The SMILES string of the molecule is CS(=O)(=O)c1ccccc1-n1cc(NC(=O)C2(N)CCCCC2)cn1. The number of nitrogens with zero attached hydrogens (tertiary/aromatic N) is 2. The number of carbonyl (C=O) groups is 1. The van der Waals surface area contributed by atoms with Crippen molar-refractivity contribution in [3.8, 4) is 5.69 Å². The van der Waals surface area contributed by atoms with Crippen molar-refractivity contribution in [3.63, 3.8) is 0 Å². The van der Waals surface area contributed by atoms with Crippen LogP contribution in [0.25, 0.3) is 5.69 Å². The van der Waals surface area contributed by atoms with Crippen LogP contribution in [0.5, 0.6) is 0 Å². The predicted octanol–water partition coefficient (Wildman–Crippen LogP) is 1.88. The number of rotatable bonds is 4. The van der Waals surface area contributed by atoms with Gasteiger partial charge in [-0.15, -0.1) is 0 Å². The largest absolute Gasteiger partial charge is 0.322 e. The topological polar surface area (TPSA) is 107 Å². The van der Waals surface area contributed by atoms with Gasteiger partial charge in [0.05, 0.1) is 34.2 Å². The number of aromatic nitrogens is 2. The standard InChI is InChI=1S/C17H22N4O3S/c1-25(23,24)15-8-4-3-7-14(15)21-12-13(11-19-21)20-16(22)17(18)9-5-2-6-10-17/h3-4,7-8,11-12H,2,5-6,9-10,18H2,1H3,(H,20,22). The maximum absolute atomic E-state index is 12.5. The van der Waals surface area contributed by atoms with E-state index in [9.17, 15) is 13.2 Å². The second kappa shape index (κ2) is 6.61. The van der Waals surface area contributed by atoms with E-state index in [1.807, 2.05) is 0 Å². The number of benzene rings is 1. The minimum Gasteiger partial charge on any atom is -0.322 e. The van der Waals surface area contributed by atoms with Crippen molar-refractivity contribution < 1.29 is 13.2 Å². The summed E-state index contributed by atoms with van der Waals surface area (Å²) in [4.78, 5) is 12.7. The maximum atomic E-state index is 12.5. The lowest BCUT2D eigenvalue weighted by molar-refractivity contribution is -0.122. The lowest BCUT2D eigenvalue weighted by Gasteiger charge is -2.31. The summed E-state index contributed by atoms with van der Waals surface area (Å²) in [6.07, 6.45) is 8.58. The van der Waals surface area contributed by atoms with Crippen LogP contribution in [0.4, 0.5) is 5.69 Å². The molecule has 134 valence electrons. The number of hydrogen-bond acceptors (Lipinski definition) is 5. The summed E-state index contributed by atoms with van der Waals surface area (Å²) in [5, 5.41) is 6.98. The molecule has 8 heteroatoms. The van der Waals surface area contributed by atoms with Crippen molar-refractivity contribution >= 4 is 21.4 Å². The quantitative estimate of drug-likeness (QED) is 0.863. The molecule has 0 aliphatic heterocycles. The molecule has 1 amide bonds. The number of carbonyl (C=O) groups excluding carboxylic acids is 1. The summed E-state index contributed by atoms with van der Waals surface area (Å²) in [5.74, 6) is -0.219. The van der Waals surface area contributed by atoms with Gasteiger partial charge in [0.2, 0.25) is 5.91 Å². The molecule has 0 atom stereocenters. The highest BCUT2D eigenvalue weighted by atomic mass is 32.2. The van der Waals surface area contributed by atoms with Crippen LogP contribution in [0.1, 0.15) is 32.1 Å². The fraction of sp³-hybridized carbons (Fsp3) is 0.412. The number of sulfone groups is 1. The molecule has 1 saturated carbocycles. The average Bonchev–Trinajstić information content (AvgIpc) is 3.03. The van der Waals surface area contributed by atoms with E-state index in [2.05, 4.69) is 10.4 Å². The summed E-state index contributed by atoms with van der Waals surface area (Å²) in [6, 6.07) is 6.59. The molecule has 0 spiro atoms. The van der Waals surface area contributed by atoms with Gasteiger partial charge in [0.15, 0.2) is 9.84 Å². The van der Waals surface area contributed by atoms with E-state index in [0.29, 0.717) is 24.2 Å². The zero-order valence-electron chi connectivity index (χ0n) is 14.1. The summed E-state index contributed by atoms with van der Waals surface area (Å²) < 4.78 is 25.3. The van der Waals surface area contributed by atoms with E-state index < -0.39 is 15.4 Å². The van der Waals surface area contributed by atoms with Gasteiger partial charge in [0.25, 0.3) is 0 Å². The van der Waals surface area contributed by atoms with E-state index in [0.717, 1.165) is 25.5 Å². The lowest BCUT2D eigenvalue weighted by Crippen LogP contribution is -2.52. The first-order valence-corrected chi connectivity index (χ1v) is 10.1. The van der Waals surface area contributed by atoms with Gasteiger partial charge in [0.1, 0.15) is 0 Å². The highest BCUT2D eigenvalue weighted by Gasteiger charge is 2.35. The normalized spacial score (nSPS) is 17.2. The van der Waals surface area contributed by atoms with Crippen molar-refractivity contribution in [2.75, 3.05) is 11.6 Å². The third-order valence-electron chi connectivity index (χ3n) is 4.55. The van der Waals surface area contributed by atoms with Crippen LogP contribution in [0.2, 0.25) is 0 Å². The maximum Gasteiger partial charge on any atom is 0.244 e. The van der Waals surface area contributed by atoms with Crippen molar-refractivity contribution in [3.05, 3.63) is 36.7 Å². The second-order valence-electron chi connectivity index (χ2n) is 6.58. The van der Waals surface area contributed by atoms with Crippen LogP contribution < -0.4 is 11.1 Å². The Hall–Kier alpha value is -2.19. The van der Waals surface area contributed by atoms with Gasteiger partial charge >= 0.3 is 0 Å². The molecule has 0 radical (unpaired) electrons. The highest BCUT2D eigenvalue weighted by Crippen LogP contribution is 2.27. The second-order valence-corrected chi connectivity index (χ2v) is 8.57. The molecule has 1 aliphatic rings. The Morgan fingerprint density at radius 1 is 1.24 bits per heavy atom. The molecule has 1 heterocycles. The van der Waals surface area contributed by atoms with Crippen molar-refractivity contribution in [1.82, 2.24) is 9.78 Å². The molecular weight excluding hydrogens is 340 g/mol. The lowest BCUT2D eigenvalue weighted by atomic mass is 9.82. The minimum atomic E-state index is -3.39. The Morgan fingerprint density at radius 3 is 2.60 bits per heavy atom. The molecular formula is C17H22N4O3S. The zero-order chi connectivity index (χ0) is 18.1. The van der Waals surface area contributed by atoms with Crippen molar-refractivity contribution in [1.29, 1.82) is 0 Å². The third-order valence-corrected chi connectivity index (χ3v) is 5.69. The number of para-hydroxylation sites is 1. The Kier molecular flexibility index (Phi) is 4.66. The summed E-state index contributed by atoms with van der Waals surface area (Å²) >= 11 is 0. The Bertz CT molecular complexity index is 883. The fourth-order valence-corrected chi connectivity index (χ4v) is 4.01. The highest BCUT2D eigenvalue weighted by molar-refractivity contribution is 7.90. The zero-order valence-corrected chi connectivity index (χ0v) is 14.9. The molecule has 0 saturated heterocycles. The number of nitrogens with one attached hydrogen (secondary N) is 1. The van der Waals surface area contributed by atoms with Gasteiger partial charge in [-0.2, -0.15) is 5.10 Å². The minimum absolute atomic E-state index is 0.179. The fourth-order valence-electron chi connectivity index (χ4n) is 3.14. The Morgan fingerprint density at radius 2 is 1.92 bits per heavy atom.